The van der Waals surface area contributed by atoms with Crippen molar-refractivity contribution in [1.29, 1.82) is 0 Å². The summed E-state index contributed by atoms with van der Waals surface area (Å²) in [7, 11) is 0. The lowest BCUT2D eigenvalue weighted by molar-refractivity contribution is 0.619. The number of hydrogen-bond acceptors (Lipinski definition) is 4. The van der Waals surface area contributed by atoms with E-state index in [2.05, 4.69) is 25.9 Å². The van der Waals surface area contributed by atoms with Crippen molar-refractivity contribution < 1.29 is 8.78 Å². The van der Waals surface area contributed by atoms with Gasteiger partial charge in [-0.2, -0.15) is 0 Å². The summed E-state index contributed by atoms with van der Waals surface area (Å²) in [6, 6.07) is 3.57. The third kappa shape index (κ3) is 4.73. The van der Waals surface area contributed by atoms with E-state index in [1.165, 1.54) is 24.5 Å². The van der Waals surface area contributed by atoms with Crippen LogP contribution in [0.5, 0.6) is 0 Å². The molecule has 2 heterocycles. The van der Waals surface area contributed by atoms with E-state index in [0.29, 0.717) is 4.47 Å². The van der Waals surface area contributed by atoms with Crippen LogP contribution in [0.1, 0.15) is 0 Å². The van der Waals surface area contributed by atoms with E-state index < -0.39 is 0 Å². The fraction of sp³-hybridized carbons (Fsp3) is 0. The molecule has 0 aromatic carbocycles. The SMILES string of the molecule is Nc1cc(F)c(Br)cn1.Nc1cc(F)ccn1. The van der Waals surface area contributed by atoms with Gasteiger partial charge in [-0.3, -0.25) is 0 Å². The minimum atomic E-state index is -0.387. The molecule has 2 rings (SSSR count). The Hall–Kier alpha value is -1.76. The zero-order valence-corrected chi connectivity index (χ0v) is 10.2. The molecule has 0 radical (unpaired) electrons. The van der Waals surface area contributed by atoms with Crippen LogP contribution in [0.2, 0.25) is 0 Å². The smallest absolute Gasteiger partial charge is 0.142 e. The summed E-state index contributed by atoms with van der Waals surface area (Å²) >= 11 is 2.94. The number of hydrogen-bond donors (Lipinski definition) is 2. The van der Waals surface area contributed by atoms with Gasteiger partial charge in [-0.1, -0.05) is 0 Å². The molecule has 0 saturated heterocycles. The zero-order valence-electron chi connectivity index (χ0n) is 8.57. The quantitative estimate of drug-likeness (QED) is 0.783. The molecule has 2 aromatic rings. The van der Waals surface area contributed by atoms with E-state index in [4.69, 9.17) is 11.5 Å². The predicted octanol–water partition coefficient (Wildman–Crippen LogP) is 2.37. The molecular weight excluding hydrogens is 294 g/mol. The van der Waals surface area contributed by atoms with Gasteiger partial charge in [0.2, 0.25) is 0 Å². The number of nitrogens with two attached hydrogens (primary N) is 2. The Labute approximate surface area is 105 Å². The van der Waals surface area contributed by atoms with Gasteiger partial charge in [0.1, 0.15) is 23.3 Å². The minimum Gasteiger partial charge on any atom is -0.384 e. The Morgan fingerprint density at radius 3 is 2.12 bits per heavy atom. The van der Waals surface area contributed by atoms with Crippen molar-refractivity contribution in [1.82, 2.24) is 9.97 Å². The van der Waals surface area contributed by atoms with Crippen molar-refractivity contribution in [3.8, 4) is 0 Å². The van der Waals surface area contributed by atoms with Crippen molar-refractivity contribution >= 4 is 27.6 Å². The monoisotopic (exact) mass is 302 g/mol. The summed E-state index contributed by atoms with van der Waals surface area (Å²) < 4.78 is 24.8. The highest BCUT2D eigenvalue weighted by molar-refractivity contribution is 9.10. The van der Waals surface area contributed by atoms with Crippen LogP contribution in [0.4, 0.5) is 20.4 Å². The topological polar surface area (TPSA) is 77.8 Å². The Kier molecular flexibility index (Phi) is 4.77. The van der Waals surface area contributed by atoms with Crippen LogP contribution in [-0.2, 0) is 0 Å². The Bertz CT molecular complexity index is 490. The van der Waals surface area contributed by atoms with Gasteiger partial charge in [0.15, 0.2) is 0 Å². The maximum Gasteiger partial charge on any atom is 0.142 e. The van der Waals surface area contributed by atoms with Crippen LogP contribution in [0.3, 0.4) is 0 Å². The average molecular weight is 303 g/mol. The fourth-order valence-corrected chi connectivity index (χ4v) is 1.07. The predicted molar refractivity (Wildman–Crippen MR) is 64.9 cm³/mol. The molecule has 0 aliphatic heterocycles. The number of aromatic nitrogens is 2. The van der Waals surface area contributed by atoms with E-state index in [1.807, 2.05) is 0 Å². The van der Waals surface area contributed by atoms with Gasteiger partial charge in [0.05, 0.1) is 4.47 Å². The molecule has 7 heteroatoms. The first-order valence-electron chi connectivity index (χ1n) is 4.42. The van der Waals surface area contributed by atoms with Crippen molar-refractivity contribution in [2.75, 3.05) is 11.5 Å². The van der Waals surface area contributed by atoms with Gasteiger partial charge in [0.25, 0.3) is 0 Å². The molecule has 0 aliphatic carbocycles. The lowest BCUT2D eigenvalue weighted by Gasteiger charge is -1.92. The van der Waals surface area contributed by atoms with E-state index in [9.17, 15) is 8.78 Å². The van der Waals surface area contributed by atoms with Crippen molar-refractivity contribution in [3.05, 3.63) is 46.7 Å². The summed E-state index contributed by atoms with van der Waals surface area (Å²) in [4.78, 5) is 7.21. The maximum absolute atomic E-state index is 12.4. The molecule has 0 amide bonds. The first kappa shape index (κ1) is 13.3. The fourth-order valence-electron chi connectivity index (χ4n) is 0.850. The zero-order chi connectivity index (χ0) is 12.8. The van der Waals surface area contributed by atoms with Gasteiger partial charge < -0.3 is 11.5 Å². The number of nitrogen functional groups attached to an aromatic ring is 2. The van der Waals surface area contributed by atoms with Crippen LogP contribution >= 0.6 is 15.9 Å². The third-order valence-corrected chi connectivity index (χ3v) is 2.16. The number of pyridine rings is 2. The standard InChI is InChI=1S/C5H4BrFN2.C5H5FN2/c6-3-2-9-5(8)1-4(3)7;6-4-1-2-8-5(7)3-4/h1-2H,(H2,8,9);1-3H,(H2,7,8). The minimum absolute atomic E-state index is 0.190. The summed E-state index contributed by atoms with van der Waals surface area (Å²) in [5, 5.41) is 0. The van der Waals surface area contributed by atoms with Crippen LogP contribution in [0.15, 0.2) is 35.1 Å². The average Bonchev–Trinajstić information content (AvgIpc) is 2.24. The molecule has 0 atom stereocenters. The maximum atomic E-state index is 12.4. The van der Waals surface area contributed by atoms with Crippen molar-refractivity contribution in [2.24, 2.45) is 0 Å². The number of anilines is 2. The second kappa shape index (κ2) is 6.09. The van der Waals surface area contributed by atoms with E-state index in [0.717, 1.165) is 6.07 Å². The molecule has 2 aromatic heterocycles. The van der Waals surface area contributed by atoms with E-state index in [1.54, 1.807) is 0 Å². The van der Waals surface area contributed by atoms with Crippen LogP contribution in [-0.4, -0.2) is 9.97 Å². The van der Waals surface area contributed by atoms with Crippen LogP contribution in [0, 0.1) is 11.6 Å². The molecule has 0 spiro atoms. The second-order valence-electron chi connectivity index (χ2n) is 2.92. The normalized spacial score (nSPS) is 9.35. The number of nitrogens with zero attached hydrogens (tertiary/aromatic N) is 2. The highest BCUT2D eigenvalue weighted by Gasteiger charge is 1.96. The molecule has 90 valence electrons. The largest absolute Gasteiger partial charge is 0.384 e. The number of halogens is 3. The van der Waals surface area contributed by atoms with Gasteiger partial charge in [0, 0.05) is 24.5 Å². The van der Waals surface area contributed by atoms with Crippen molar-refractivity contribution in [3.63, 3.8) is 0 Å². The summed E-state index contributed by atoms with van der Waals surface area (Å²) in [5.74, 6) is -0.333. The third-order valence-electron chi connectivity index (χ3n) is 1.57. The molecule has 0 bridgehead atoms. The van der Waals surface area contributed by atoms with Crippen LogP contribution < -0.4 is 11.5 Å². The molecular formula is C10H9BrF2N4. The molecule has 4 N–H and O–H groups in total. The first-order valence-corrected chi connectivity index (χ1v) is 5.22. The molecule has 0 saturated carbocycles. The van der Waals surface area contributed by atoms with E-state index in [-0.39, 0.29) is 23.3 Å². The Balaban J connectivity index is 0.000000171. The lowest BCUT2D eigenvalue weighted by Crippen LogP contribution is -1.90. The Morgan fingerprint density at radius 2 is 1.71 bits per heavy atom. The Morgan fingerprint density at radius 1 is 1.06 bits per heavy atom. The summed E-state index contributed by atoms with van der Waals surface area (Å²) in [6.45, 7) is 0. The van der Waals surface area contributed by atoms with E-state index >= 15 is 0 Å². The van der Waals surface area contributed by atoms with Gasteiger partial charge in [-0.25, -0.2) is 18.7 Å². The summed E-state index contributed by atoms with van der Waals surface area (Å²) in [5.41, 5.74) is 10.3. The second-order valence-corrected chi connectivity index (χ2v) is 3.78. The summed E-state index contributed by atoms with van der Waals surface area (Å²) in [6.07, 6.45) is 2.65. The van der Waals surface area contributed by atoms with Crippen molar-refractivity contribution in [2.45, 2.75) is 0 Å². The molecule has 0 unspecified atom stereocenters. The molecule has 0 aliphatic rings. The lowest BCUT2D eigenvalue weighted by atomic mass is 10.4. The van der Waals surface area contributed by atoms with Crippen LogP contribution in [0.25, 0.3) is 0 Å². The first-order chi connectivity index (χ1) is 7.99. The molecule has 17 heavy (non-hydrogen) atoms. The highest BCUT2D eigenvalue weighted by Crippen LogP contribution is 2.14. The number of rotatable bonds is 0. The molecule has 4 nitrogen and oxygen atoms in total. The van der Waals surface area contributed by atoms with Gasteiger partial charge >= 0.3 is 0 Å². The van der Waals surface area contributed by atoms with Gasteiger partial charge in [-0.15, -0.1) is 0 Å². The van der Waals surface area contributed by atoms with Gasteiger partial charge in [-0.05, 0) is 22.0 Å². The highest BCUT2D eigenvalue weighted by atomic mass is 79.9. The molecule has 0 fully saturated rings.